The SMILES string of the molecule is COC(=O)NN=C(C)Cc1ccccc1. The quantitative estimate of drug-likeness (QED) is 0.607. The van der Waals surface area contributed by atoms with Gasteiger partial charge in [0.25, 0.3) is 0 Å². The van der Waals surface area contributed by atoms with Crippen LogP contribution >= 0.6 is 0 Å². The van der Waals surface area contributed by atoms with E-state index in [0.717, 1.165) is 11.3 Å². The highest BCUT2D eigenvalue weighted by molar-refractivity contribution is 5.85. The van der Waals surface area contributed by atoms with Crippen molar-refractivity contribution in [3.05, 3.63) is 35.9 Å². The second-order valence-corrected chi connectivity index (χ2v) is 3.11. The normalized spacial score (nSPS) is 10.9. The first-order chi connectivity index (χ1) is 7.22. The molecule has 0 atom stereocenters. The number of carbonyl (C=O) groups excluding carboxylic acids is 1. The molecule has 0 heterocycles. The molecule has 1 aromatic carbocycles. The summed E-state index contributed by atoms with van der Waals surface area (Å²) in [4.78, 5) is 10.7. The fourth-order valence-electron chi connectivity index (χ4n) is 1.12. The van der Waals surface area contributed by atoms with Crippen LogP contribution in [0.25, 0.3) is 0 Å². The van der Waals surface area contributed by atoms with Gasteiger partial charge in [0, 0.05) is 12.1 Å². The number of methoxy groups -OCH3 is 1. The number of rotatable bonds is 3. The topological polar surface area (TPSA) is 50.7 Å². The van der Waals surface area contributed by atoms with Crippen LogP contribution in [0.3, 0.4) is 0 Å². The molecule has 80 valence electrons. The van der Waals surface area contributed by atoms with Crippen LogP contribution in [-0.2, 0) is 11.2 Å². The fourth-order valence-corrected chi connectivity index (χ4v) is 1.12. The maximum Gasteiger partial charge on any atom is 0.427 e. The molecule has 0 aliphatic rings. The van der Waals surface area contributed by atoms with Gasteiger partial charge in [0.2, 0.25) is 0 Å². The van der Waals surface area contributed by atoms with Crippen LogP contribution in [0.15, 0.2) is 35.4 Å². The minimum atomic E-state index is -0.553. The van der Waals surface area contributed by atoms with Crippen molar-refractivity contribution in [3.63, 3.8) is 0 Å². The molecule has 0 spiro atoms. The molecular weight excluding hydrogens is 192 g/mol. The minimum absolute atomic E-state index is 0.553. The van der Waals surface area contributed by atoms with Crippen molar-refractivity contribution in [1.29, 1.82) is 0 Å². The van der Waals surface area contributed by atoms with E-state index in [2.05, 4.69) is 15.3 Å². The average molecular weight is 206 g/mol. The maximum atomic E-state index is 10.7. The predicted molar refractivity (Wildman–Crippen MR) is 58.8 cm³/mol. The van der Waals surface area contributed by atoms with Gasteiger partial charge in [-0.1, -0.05) is 30.3 Å². The lowest BCUT2D eigenvalue weighted by molar-refractivity contribution is 0.171. The highest BCUT2D eigenvalue weighted by atomic mass is 16.5. The molecule has 4 heteroatoms. The van der Waals surface area contributed by atoms with Gasteiger partial charge < -0.3 is 4.74 Å². The summed E-state index contributed by atoms with van der Waals surface area (Å²) in [6, 6.07) is 9.92. The van der Waals surface area contributed by atoms with Gasteiger partial charge in [0.1, 0.15) is 0 Å². The molecule has 0 aliphatic carbocycles. The zero-order valence-corrected chi connectivity index (χ0v) is 8.86. The van der Waals surface area contributed by atoms with Crippen molar-refractivity contribution in [2.45, 2.75) is 13.3 Å². The first-order valence-electron chi connectivity index (χ1n) is 4.63. The first-order valence-corrected chi connectivity index (χ1v) is 4.63. The molecular formula is C11H14N2O2. The largest absolute Gasteiger partial charge is 0.452 e. The number of ether oxygens (including phenoxy) is 1. The summed E-state index contributed by atoms with van der Waals surface area (Å²) in [7, 11) is 1.30. The molecule has 0 saturated carbocycles. The lowest BCUT2D eigenvalue weighted by Crippen LogP contribution is -2.18. The van der Waals surface area contributed by atoms with E-state index in [-0.39, 0.29) is 0 Å². The molecule has 0 radical (unpaired) electrons. The highest BCUT2D eigenvalue weighted by Gasteiger charge is 1.97. The number of hydrogen-bond donors (Lipinski definition) is 1. The molecule has 15 heavy (non-hydrogen) atoms. The van der Waals surface area contributed by atoms with Gasteiger partial charge >= 0.3 is 6.09 Å². The predicted octanol–water partition coefficient (Wildman–Crippen LogP) is 1.96. The molecule has 0 saturated heterocycles. The van der Waals surface area contributed by atoms with Crippen molar-refractivity contribution in [2.24, 2.45) is 5.10 Å². The number of amides is 1. The first kappa shape index (κ1) is 11.2. The van der Waals surface area contributed by atoms with E-state index >= 15 is 0 Å². The van der Waals surface area contributed by atoms with Crippen molar-refractivity contribution in [1.82, 2.24) is 5.43 Å². The average Bonchev–Trinajstić information content (AvgIpc) is 2.27. The Morgan fingerprint density at radius 2 is 2.07 bits per heavy atom. The molecule has 1 rings (SSSR count). The summed E-state index contributed by atoms with van der Waals surface area (Å²) in [6.45, 7) is 1.85. The van der Waals surface area contributed by atoms with Crippen molar-refractivity contribution in [3.8, 4) is 0 Å². The minimum Gasteiger partial charge on any atom is -0.452 e. The maximum absolute atomic E-state index is 10.7. The molecule has 1 amide bonds. The van der Waals surface area contributed by atoms with E-state index in [1.165, 1.54) is 7.11 Å². The van der Waals surface area contributed by atoms with E-state index in [1.54, 1.807) is 0 Å². The van der Waals surface area contributed by atoms with Crippen LogP contribution in [0.4, 0.5) is 4.79 Å². The number of nitrogens with zero attached hydrogens (tertiary/aromatic N) is 1. The third-order valence-electron chi connectivity index (χ3n) is 1.83. The Morgan fingerprint density at radius 3 is 2.67 bits per heavy atom. The molecule has 0 aliphatic heterocycles. The third kappa shape index (κ3) is 4.26. The summed E-state index contributed by atoms with van der Waals surface area (Å²) in [5, 5.41) is 3.88. The summed E-state index contributed by atoms with van der Waals surface area (Å²) in [5.74, 6) is 0. The van der Waals surface area contributed by atoms with Gasteiger partial charge in [0.05, 0.1) is 7.11 Å². The molecule has 1 N–H and O–H groups in total. The molecule has 4 nitrogen and oxygen atoms in total. The molecule has 0 fully saturated rings. The Kier molecular flexibility index (Phi) is 4.34. The summed E-state index contributed by atoms with van der Waals surface area (Å²) < 4.78 is 4.39. The van der Waals surface area contributed by atoms with Crippen LogP contribution in [0.2, 0.25) is 0 Å². The van der Waals surface area contributed by atoms with Crippen LogP contribution in [0.1, 0.15) is 12.5 Å². The van der Waals surface area contributed by atoms with Crippen LogP contribution < -0.4 is 5.43 Å². The van der Waals surface area contributed by atoms with Crippen molar-refractivity contribution >= 4 is 11.8 Å². The number of carbonyl (C=O) groups is 1. The fraction of sp³-hybridized carbons (Fsp3) is 0.273. The Hall–Kier alpha value is -1.84. The van der Waals surface area contributed by atoms with Gasteiger partial charge in [-0.15, -0.1) is 0 Å². The number of benzene rings is 1. The molecule has 1 aromatic rings. The molecule has 0 bridgehead atoms. The van der Waals surface area contributed by atoms with E-state index in [0.29, 0.717) is 6.42 Å². The van der Waals surface area contributed by atoms with Crippen LogP contribution in [0, 0.1) is 0 Å². The second kappa shape index (κ2) is 5.80. The van der Waals surface area contributed by atoms with Gasteiger partial charge in [-0.2, -0.15) is 5.10 Å². The van der Waals surface area contributed by atoms with E-state index < -0.39 is 6.09 Å². The Morgan fingerprint density at radius 1 is 1.40 bits per heavy atom. The van der Waals surface area contributed by atoms with Gasteiger partial charge in [-0.3, -0.25) is 0 Å². The number of nitrogens with one attached hydrogen (secondary N) is 1. The molecule has 0 aromatic heterocycles. The summed E-state index contributed by atoms with van der Waals surface area (Å²) in [5.41, 5.74) is 4.26. The van der Waals surface area contributed by atoms with E-state index in [9.17, 15) is 4.79 Å². The van der Waals surface area contributed by atoms with Crippen LogP contribution in [-0.4, -0.2) is 18.9 Å². The zero-order valence-electron chi connectivity index (χ0n) is 8.86. The van der Waals surface area contributed by atoms with E-state index in [1.807, 2.05) is 37.3 Å². The Labute approximate surface area is 88.9 Å². The van der Waals surface area contributed by atoms with Crippen molar-refractivity contribution in [2.75, 3.05) is 7.11 Å². The standard InChI is InChI=1S/C11H14N2O2/c1-9(12-13-11(14)15-2)8-10-6-4-3-5-7-10/h3-7H,8H2,1-2H3,(H,13,14). The third-order valence-corrected chi connectivity index (χ3v) is 1.83. The molecule has 0 unspecified atom stereocenters. The van der Waals surface area contributed by atoms with Gasteiger partial charge in [0.15, 0.2) is 0 Å². The van der Waals surface area contributed by atoms with Crippen LogP contribution in [0.5, 0.6) is 0 Å². The van der Waals surface area contributed by atoms with Gasteiger partial charge in [-0.25, -0.2) is 10.2 Å². The zero-order chi connectivity index (χ0) is 11.1. The lowest BCUT2D eigenvalue weighted by atomic mass is 10.1. The number of hydrazone groups is 1. The Balaban J connectivity index is 2.48. The van der Waals surface area contributed by atoms with Gasteiger partial charge in [-0.05, 0) is 12.5 Å². The van der Waals surface area contributed by atoms with E-state index in [4.69, 9.17) is 0 Å². The Bertz CT molecular complexity index is 347. The lowest BCUT2D eigenvalue weighted by Gasteiger charge is -2.01. The van der Waals surface area contributed by atoms with Crippen molar-refractivity contribution < 1.29 is 9.53 Å². The highest BCUT2D eigenvalue weighted by Crippen LogP contribution is 2.00. The monoisotopic (exact) mass is 206 g/mol. The smallest absolute Gasteiger partial charge is 0.427 e. The summed E-state index contributed by atoms with van der Waals surface area (Å²) in [6.07, 6.45) is 0.160. The number of hydrogen-bond acceptors (Lipinski definition) is 3. The second-order valence-electron chi connectivity index (χ2n) is 3.11. The summed E-state index contributed by atoms with van der Waals surface area (Å²) >= 11 is 0.